The van der Waals surface area contributed by atoms with Crippen LogP contribution in [0.1, 0.15) is 28.3 Å². The minimum Gasteiger partial charge on any atom is -0.339 e. The topological polar surface area (TPSA) is 29.3 Å². The van der Waals surface area contributed by atoms with E-state index >= 15 is 0 Å². The summed E-state index contributed by atoms with van der Waals surface area (Å²) in [6.07, 6.45) is 0.775. The Morgan fingerprint density at radius 2 is 1.19 bits per heavy atom. The summed E-state index contributed by atoms with van der Waals surface area (Å²) in [7, 11) is 0. The molecule has 1 N–H and O–H groups in total. The number of para-hydroxylation sites is 1. The Labute approximate surface area is 301 Å². The van der Waals surface area contributed by atoms with E-state index in [0.29, 0.717) is 0 Å². The van der Waals surface area contributed by atoms with Crippen LogP contribution in [0, 0.1) is 0 Å². The van der Waals surface area contributed by atoms with E-state index in [1.165, 1.54) is 76.9 Å². The number of nitrogens with zero attached hydrogens (tertiary/aromatic N) is 2. The zero-order valence-electron chi connectivity index (χ0n) is 28.4. The van der Waals surface area contributed by atoms with Crippen molar-refractivity contribution in [2.45, 2.75) is 12.5 Å². The van der Waals surface area contributed by atoms with Crippen LogP contribution in [0.2, 0.25) is 0 Å². The van der Waals surface area contributed by atoms with Crippen LogP contribution in [-0.4, -0.2) is 10.4 Å². The lowest BCUT2D eigenvalue weighted by molar-refractivity contribution is 0.785. The van der Waals surface area contributed by atoms with Crippen LogP contribution in [0.15, 0.2) is 186 Å². The Kier molecular flexibility index (Phi) is 6.38. The fourth-order valence-corrected chi connectivity index (χ4v) is 8.54. The van der Waals surface area contributed by atoms with Gasteiger partial charge in [-0.3, -0.25) is 4.99 Å². The third-order valence-corrected chi connectivity index (χ3v) is 11.0. The highest BCUT2D eigenvalue weighted by Crippen LogP contribution is 2.45. The number of hydrogen-bond acceptors (Lipinski definition) is 2. The summed E-state index contributed by atoms with van der Waals surface area (Å²) in [5.74, 6) is 0.886. The van der Waals surface area contributed by atoms with E-state index in [-0.39, 0.29) is 6.04 Å². The fourth-order valence-electron chi connectivity index (χ4n) is 8.54. The molecule has 3 nitrogen and oxygen atoms in total. The van der Waals surface area contributed by atoms with Crippen molar-refractivity contribution in [2.75, 3.05) is 0 Å². The van der Waals surface area contributed by atoms with Crippen LogP contribution >= 0.6 is 0 Å². The van der Waals surface area contributed by atoms with Gasteiger partial charge in [0.1, 0.15) is 11.9 Å². The molecule has 0 spiro atoms. The molecule has 244 valence electrons. The van der Waals surface area contributed by atoms with Crippen molar-refractivity contribution in [3.8, 4) is 16.8 Å². The van der Waals surface area contributed by atoms with Gasteiger partial charge in [-0.05, 0) is 68.6 Å². The van der Waals surface area contributed by atoms with Gasteiger partial charge in [-0.25, -0.2) is 0 Å². The average molecular weight is 664 g/mol. The fraction of sp³-hybridized carbons (Fsp3) is 0.0408. The predicted octanol–water partition coefficient (Wildman–Crippen LogP) is 11.8. The predicted molar refractivity (Wildman–Crippen MR) is 217 cm³/mol. The van der Waals surface area contributed by atoms with Crippen molar-refractivity contribution < 1.29 is 0 Å². The van der Waals surface area contributed by atoms with Crippen LogP contribution in [0.25, 0.3) is 65.9 Å². The first-order valence-electron chi connectivity index (χ1n) is 18.0. The smallest absolute Gasteiger partial charge is 0.133 e. The van der Waals surface area contributed by atoms with Crippen LogP contribution in [0.5, 0.6) is 0 Å². The molecular weight excluding hydrogens is 631 g/mol. The van der Waals surface area contributed by atoms with Gasteiger partial charge >= 0.3 is 0 Å². The Balaban J connectivity index is 1.15. The summed E-state index contributed by atoms with van der Waals surface area (Å²) in [5.41, 5.74) is 13.2. The number of hydrogen-bond donors (Lipinski definition) is 1. The summed E-state index contributed by atoms with van der Waals surface area (Å²) in [6, 6.07) is 64.0. The maximum absolute atomic E-state index is 5.60. The van der Waals surface area contributed by atoms with Gasteiger partial charge in [0.25, 0.3) is 0 Å². The Bertz CT molecular complexity index is 2950. The van der Waals surface area contributed by atoms with Gasteiger partial charge in [0, 0.05) is 33.0 Å². The Morgan fingerprint density at radius 3 is 2.08 bits per heavy atom. The summed E-state index contributed by atoms with van der Waals surface area (Å²) in [5, 5.41) is 11.4. The van der Waals surface area contributed by atoms with Crippen LogP contribution in [0.3, 0.4) is 0 Å². The number of nitrogens with one attached hydrogen (secondary N) is 1. The summed E-state index contributed by atoms with van der Waals surface area (Å²) < 4.78 is 2.51. The molecule has 3 heteroatoms. The number of amidine groups is 1. The third-order valence-electron chi connectivity index (χ3n) is 11.0. The molecular formula is C49H33N3. The molecule has 11 rings (SSSR count). The van der Waals surface area contributed by atoms with Crippen molar-refractivity contribution in [1.82, 2.24) is 9.88 Å². The zero-order chi connectivity index (χ0) is 34.2. The van der Waals surface area contributed by atoms with E-state index in [9.17, 15) is 0 Å². The van der Waals surface area contributed by atoms with E-state index in [4.69, 9.17) is 4.99 Å². The first-order chi connectivity index (χ1) is 25.8. The molecule has 9 aromatic rings. The van der Waals surface area contributed by atoms with Crippen molar-refractivity contribution in [3.05, 3.63) is 204 Å². The van der Waals surface area contributed by atoms with Gasteiger partial charge in [0.2, 0.25) is 0 Å². The lowest BCUT2D eigenvalue weighted by atomic mass is 9.87. The second-order valence-electron chi connectivity index (χ2n) is 14.0. The van der Waals surface area contributed by atoms with E-state index in [1.807, 2.05) is 0 Å². The van der Waals surface area contributed by atoms with E-state index in [2.05, 4.69) is 186 Å². The Morgan fingerprint density at radius 1 is 0.500 bits per heavy atom. The normalized spacial score (nSPS) is 15.2. The molecule has 2 aliphatic rings. The van der Waals surface area contributed by atoms with Crippen molar-refractivity contribution >= 4 is 54.9 Å². The molecule has 0 saturated heterocycles. The van der Waals surface area contributed by atoms with E-state index in [1.54, 1.807) is 0 Å². The second-order valence-corrected chi connectivity index (χ2v) is 14.0. The van der Waals surface area contributed by atoms with E-state index in [0.717, 1.165) is 29.1 Å². The molecule has 2 aliphatic heterocycles. The maximum Gasteiger partial charge on any atom is 0.133 e. The summed E-state index contributed by atoms with van der Waals surface area (Å²) in [4.78, 5) is 5.60. The number of rotatable bonds is 3. The van der Waals surface area contributed by atoms with Crippen LogP contribution < -0.4 is 5.32 Å². The molecule has 2 bridgehead atoms. The lowest BCUT2D eigenvalue weighted by Crippen LogP contribution is -2.31. The number of aromatic nitrogens is 1. The molecule has 0 fully saturated rings. The van der Waals surface area contributed by atoms with Gasteiger partial charge in [-0.1, -0.05) is 158 Å². The highest BCUT2D eigenvalue weighted by molar-refractivity contribution is 6.19. The SMILES string of the molecule is c1ccc(C2=NC3C(=C(c4ccc(-c5ccc6ccccc6c5)cc4)N2)Cc2ccc4c5ccc6ccccc6c5n(c4c2)-c2ccccc23)cc1. The van der Waals surface area contributed by atoms with Crippen LogP contribution in [0.4, 0.5) is 0 Å². The summed E-state index contributed by atoms with van der Waals surface area (Å²) >= 11 is 0. The second kappa shape index (κ2) is 11.4. The molecule has 0 amide bonds. The molecule has 1 aromatic heterocycles. The zero-order valence-corrected chi connectivity index (χ0v) is 28.4. The van der Waals surface area contributed by atoms with Gasteiger partial charge < -0.3 is 9.88 Å². The number of aliphatic imine (C=N–C) groups is 1. The third kappa shape index (κ3) is 4.49. The molecule has 3 heterocycles. The van der Waals surface area contributed by atoms with Crippen molar-refractivity contribution in [1.29, 1.82) is 0 Å². The monoisotopic (exact) mass is 663 g/mol. The van der Waals surface area contributed by atoms with Gasteiger partial charge in [0.05, 0.1) is 16.7 Å². The minimum atomic E-state index is -0.195. The number of benzene rings is 8. The Hall–Kier alpha value is -6.71. The van der Waals surface area contributed by atoms with Gasteiger partial charge in [0.15, 0.2) is 0 Å². The van der Waals surface area contributed by atoms with Crippen LogP contribution in [-0.2, 0) is 6.42 Å². The quantitative estimate of drug-likeness (QED) is 0.200. The highest BCUT2D eigenvalue weighted by atomic mass is 15.1. The molecule has 1 atom stereocenters. The average Bonchev–Trinajstić information content (AvgIpc) is 3.56. The lowest BCUT2D eigenvalue weighted by Gasteiger charge is -2.30. The molecule has 0 saturated carbocycles. The van der Waals surface area contributed by atoms with Gasteiger partial charge in [-0.2, -0.15) is 0 Å². The van der Waals surface area contributed by atoms with E-state index < -0.39 is 0 Å². The number of fused-ring (bicyclic) bond motifs is 11. The highest BCUT2D eigenvalue weighted by Gasteiger charge is 2.31. The van der Waals surface area contributed by atoms with Gasteiger partial charge in [-0.15, -0.1) is 0 Å². The molecule has 0 aliphatic carbocycles. The maximum atomic E-state index is 5.60. The van der Waals surface area contributed by atoms with Crippen molar-refractivity contribution in [3.63, 3.8) is 0 Å². The first-order valence-corrected chi connectivity index (χ1v) is 18.0. The standard InChI is InChI=1S/C49H33N3/c1-2-12-36(13-3-1)49-50-46(35-22-19-33(20-23-35)38-24-21-32-10-4-5-14-37(32)30-38)43-28-31-18-26-40-41-27-25-34-11-6-7-15-39(34)48(41)52(45(40)29-31)44-17-9-8-16-42(44)47(43)51-49/h1-27,29-30,47H,28H2,(H,50,51). The molecule has 8 aromatic carbocycles. The molecule has 0 radical (unpaired) electrons. The molecule has 52 heavy (non-hydrogen) atoms. The first kappa shape index (κ1) is 29.1. The molecule has 1 unspecified atom stereocenters. The largest absolute Gasteiger partial charge is 0.339 e. The van der Waals surface area contributed by atoms with Crippen molar-refractivity contribution in [2.24, 2.45) is 4.99 Å². The summed E-state index contributed by atoms with van der Waals surface area (Å²) in [6.45, 7) is 0. The minimum absolute atomic E-state index is 0.195.